The highest BCUT2D eigenvalue weighted by atomic mass is 32.2. The van der Waals surface area contributed by atoms with E-state index in [1.807, 2.05) is 26.0 Å². The van der Waals surface area contributed by atoms with E-state index in [1.54, 1.807) is 48.5 Å². The van der Waals surface area contributed by atoms with Crippen molar-refractivity contribution in [3.8, 4) is 0 Å². The van der Waals surface area contributed by atoms with Gasteiger partial charge in [0.2, 0.25) is 0 Å². The maximum Gasteiger partial charge on any atom is 0.264 e. The summed E-state index contributed by atoms with van der Waals surface area (Å²) in [6.07, 6.45) is 0. The third-order valence-corrected chi connectivity index (χ3v) is 9.17. The van der Waals surface area contributed by atoms with Crippen LogP contribution in [0.5, 0.6) is 0 Å². The first-order chi connectivity index (χ1) is 18.0. The summed E-state index contributed by atoms with van der Waals surface area (Å²) < 4.78 is 55.0. The molecule has 0 aliphatic rings. The number of aryl methyl sites for hydroxylation is 2. The van der Waals surface area contributed by atoms with Gasteiger partial charge in [-0.05, 0) is 86.1 Å². The van der Waals surface area contributed by atoms with Crippen LogP contribution in [-0.2, 0) is 20.0 Å². The Balaban J connectivity index is 1.43. The molecule has 0 aliphatic carbocycles. The largest absolute Gasteiger partial charge is 0.322 e. The van der Waals surface area contributed by atoms with Crippen LogP contribution in [0.15, 0.2) is 107 Å². The van der Waals surface area contributed by atoms with Crippen LogP contribution >= 0.6 is 0 Å². The van der Waals surface area contributed by atoms with Gasteiger partial charge in [-0.15, -0.1) is 0 Å². The van der Waals surface area contributed by atoms with E-state index in [0.29, 0.717) is 22.6 Å². The van der Waals surface area contributed by atoms with Crippen molar-refractivity contribution in [2.75, 3.05) is 21.4 Å². The molecule has 38 heavy (non-hydrogen) atoms. The van der Waals surface area contributed by atoms with Crippen molar-refractivity contribution in [3.05, 3.63) is 114 Å². The Morgan fingerprint density at radius 1 is 0.711 bits per heavy atom. The second-order valence-electron chi connectivity index (χ2n) is 8.73. The van der Waals surface area contributed by atoms with Crippen LogP contribution in [-0.4, -0.2) is 29.8 Å². The van der Waals surface area contributed by atoms with Crippen LogP contribution in [0.25, 0.3) is 0 Å². The Bertz CT molecular complexity index is 1670. The number of rotatable bonds is 8. The van der Waals surface area contributed by atoms with E-state index in [4.69, 9.17) is 0 Å². The summed E-state index contributed by atoms with van der Waals surface area (Å²) >= 11 is 0. The molecule has 0 bridgehead atoms. The van der Waals surface area contributed by atoms with Gasteiger partial charge in [-0.25, -0.2) is 16.8 Å². The van der Waals surface area contributed by atoms with Gasteiger partial charge in [-0.3, -0.25) is 13.8 Å². The van der Waals surface area contributed by atoms with Crippen molar-refractivity contribution in [2.45, 2.75) is 23.6 Å². The topological polar surface area (TPSA) is 113 Å². The first-order valence-corrected chi connectivity index (χ1v) is 14.6. The van der Waals surface area contributed by atoms with Gasteiger partial charge in [0.1, 0.15) is 0 Å². The molecular weight excluding hydrogens is 522 g/mol. The molecule has 4 rings (SSSR count). The Hall–Kier alpha value is -4.15. The SMILES string of the molecule is Cc1ccc(S(=O)(=O)N(C)c2ccc(C(=O)Nc3ccc(S(=O)(=O)Nc4ccccc4C)cc3)cc2)cc1. The van der Waals surface area contributed by atoms with Crippen LogP contribution in [0, 0.1) is 13.8 Å². The molecular formula is C28H27N3O5S2. The molecule has 1 amide bonds. The monoisotopic (exact) mass is 549 g/mol. The molecule has 2 N–H and O–H groups in total. The van der Waals surface area contributed by atoms with E-state index in [1.165, 1.54) is 43.4 Å². The number of carbonyl (C=O) groups is 1. The highest BCUT2D eigenvalue weighted by Gasteiger charge is 2.21. The Kier molecular flexibility index (Phi) is 7.56. The standard InChI is InChI=1S/C28H27N3O5S2/c1-20-8-16-26(17-9-20)38(35,36)31(3)24-14-10-22(11-15-24)28(32)29-23-12-18-25(19-13-23)37(33,34)30-27-7-5-4-6-21(27)2/h4-19,30H,1-3H3,(H,29,32). The van der Waals surface area contributed by atoms with Crippen molar-refractivity contribution < 1.29 is 21.6 Å². The molecule has 4 aromatic rings. The maximum atomic E-state index is 12.9. The highest BCUT2D eigenvalue weighted by Crippen LogP contribution is 2.24. The molecule has 0 radical (unpaired) electrons. The van der Waals surface area contributed by atoms with Gasteiger partial charge >= 0.3 is 0 Å². The van der Waals surface area contributed by atoms with Gasteiger partial charge in [-0.1, -0.05) is 35.9 Å². The summed E-state index contributed by atoms with van der Waals surface area (Å²) in [6.45, 7) is 3.69. The molecule has 8 nitrogen and oxygen atoms in total. The minimum absolute atomic E-state index is 0.0564. The fraction of sp³-hybridized carbons (Fsp3) is 0.107. The molecule has 0 saturated heterocycles. The molecule has 0 aromatic heterocycles. The zero-order valence-corrected chi connectivity index (χ0v) is 22.7. The number of nitrogens with one attached hydrogen (secondary N) is 2. The third-order valence-electron chi connectivity index (χ3n) is 5.98. The zero-order chi connectivity index (χ0) is 27.5. The molecule has 196 valence electrons. The normalized spacial score (nSPS) is 11.6. The Morgan fingerprint density at radius 2 is 1.29 bits per heavy atom. The molecule has 0 atom stereocenters. The lowest BCUT2D eigenvalue weighted by Crippen LogP contribution is -2.26. The molecule has 0 unspecified atom stereocenters. The predicted molar refractivity (Wildman–Crippen MR) is 150 cm³/mol. The third kappa shape index (κ3) is 5.87. The van der Waals surface area contributed by atoms with E-state index < -0.39 is 26.0 Å². The van der Waals surface area contributed by atoms with Crippen molar-refractivity contribution >= 4 is 43.0 Å². The lowest BCUT2D eigenvalue weighted by molar-refractivity contribution is 0.102. The quantitative estimate of drug-likeness (QED) is 0.314. The highest BCUT2D eigenvalue weighted by molar-refractivity contribution is 7.93. The van der Waals surface area contributed by atoms with Crippen LogP contribution in [0.2, 0.25) is 0 Å². The molecule has 0 saturated carbocycles. The average molecular weight is 550 g/mol. The minimum Gasteiger partial charge on any atom is -0.322 e. The van der Waals surface area contributed by atoms with E-state index in [9.17, 15) is 21.6 Å². The fourth-order valence-electron chi connectivity index (χ4n) is 3.64. The van der Waals surface area contributed by atoms with E-state index in [-0.39, 0.29) is 9.79 Å². The Labute approximate surface area is 223 Å². The fourth-order valence-corrected chi connectivity index (χ4v) is 5.97. The van der Waals surface area contributed by atoms with Gasteiger partial charge in [0.05, 0.1) is 21.2 Å². The summed E-state index contributed by atoms with van der Waals surface area (Å²) in [5.74, 6) is -0.422. The summed E-state index contributed by atoms with van der Waals surface area (Å²) in [7, 11) is -6.10. The summed E-state index contributed by atoms with van der Waals surface area (Å²) in [6, 6.07) is 25.6. The van der Waals surface area contributed by atoms with Gasteiger partial charge < -0.3 is 5.32 Å². The number of carbonyl (C=O) groups excluding carboxylic acids is 1. The number of para-hydroxylation sites is 1. The van der Waals surface area contributed by atoms with Crippen molar-refractivity contribution in [1.29, 1.82) is 0 Å². The number of amides is 1. The Morgan fingerprint density at radius 3 is 1.89 bits per heavy atom. The van der Waals surface area contributed by atoms with E-state index in [0.717, 1.165) is 15.4 Å². The van der Waals surface area contributed by atoms with Gasteiger partial charge in [0, 0.05) is 18.3 Å². The first-order valence-electron chi connectivity index (χ1n) is 11.6. The van der Waals surface area contributed by atoms with E-state index in [2.05, 4.69) is 10.0 Å². The van der Waals surface area contributed by atoms with Crippen LogP contribution in [0.4, 0.5) is 17.1 Å². The summed E-state index contributed by atoms with van der Waals surface area (Å²) in [4.78, 5) is 13.0. The molecule has 0 spiro atoms. The van der Waals surface area contributed by atoms with Crippen molar-refractivity contribution in [2.24, 2.45) is 0 Å². The second-order valence-corrected chi connectivity index (χ2v) is 12.4. The lowest BCUT2D eigenvalue weighted by atomic mass is 10.2. The molecule has 0 fully saturated rings. The number of sulfonamides is 2. The molecule has 4 aromatic carbocycles. The van der Waals surface area contributed by atoms with Crippen LogP contribution < -0.4 is 14.3 Å². The number of hydrogen-bond donors (Lipinski definition) is 2. The first kappa shape index (κ1) is 26.9. The molecule has 10 heteroatoms. The number of hydrogen-bond acceptors (Lipinski definition) is 5. The van der Waals surface area contributed by atoms with Gasteiger partial charge in [-0.2, -0.15) is 0 Å². The lowest BCUT2D eigenvalue weighted by Gasteiger charge is -2.20. The zero-order valence-electron chi connectivity index (χ0n) is 21.0. The van der Waals surface area contributed by atoms with Crippen molar-refractivity contribution in [1.82, 2.24) is 0 Å². The number of benzene rings is 4. The van der Waals surface area contributed by atoms with Crippen molar-refractivity contribution in [3.63, 3.8) is 0 Å². The smallest absolute Gasteiger partial charge is 0.264 e. The summed E-state index contributed by atoms with van der Waals surface area (Å²) in [5.41, 5.74) is 3.37. The van der Waals surface area contributed by atoms with Gasteiger partial charge in [0.25, 0.3) is 26.0 Å². The predicted octanol–water partition coefficient (Wildman–Crippen LogP) is 5.18. The van der Waals surface area contributed by atoms with E-state index >= 15 is 0 Å². The van der Waals surface area contributed by atoms with Crippen LogP contribution in [0.1, 0.15) is 21.5 Å². The minimum atomic E-state index is -3.80. The van der Waals surface area contributed by atoms with Crippen LogP contribution in [0.3, 0.4) is 0 Å². The second kappa shape index (κ2) is 10.7. The van der Waals surface area contributed by atoms with Gasteiger partial charge in [0.15, 0.2) is 0 Å². The number of nitrogens with zero attached hydrogens (tertiary/aromatic N) is 1. The summed E-state index contributed by atoms with van der Waals surface area (Å²) in [5, 5.41) is 2.72. The molecule has 0 aliphatic heterocycles. The average Bonchev–Trinajstić information content (AvgIpc) is 2.90. The number of anilines is 3. The molecule has 0 heterocycles. The maximum absolute atomic E-state index is 12.9.